The van der Waals surface area contributed by atoms with E-state index in [0.29, 0.717) is 17.9 Å². The molecule has 1 atom stereocenters. The average molecular weight is 325 g/mol. The first-order valence-electron chi connectivity index (χ1n) is 7.28. The summed E-state index contributed by atoms with van der Waals surface area (Å²) in [4.78, 5) is 15.3. The Morgan fingerprint density at radius 3 is 2.73 bits per heavy atom. The maximum absolute atomic E-state index is 14.4. The number of ether oxygens (including phenoxy) is 1. The van der Waals surface area contributed by atoms with Crippen LogP contribution in [-0.4, -0.2) is 55.8 Å². The minimum absolute atomic E-state index is 0.197. The van der Waals surface area contributed by atoms with E-state index in [-0.39, 0.29) is 29.0 Å². The van der Waals surface area contributed by atoms with E-state index in [1.54, 1.807) is 12.1 Å². The number of hydrogen-bond acceptors (Lipinski definition) is 4. The van der Waals surface area contributed by atoms with Crippen LogP contribution >= 0.6 is 10.5 Å². The van der Waals surface area contributed by atoms with Crippen LogP contribution in [0.5, 0.6) is 0 Å². The number of nitrogens with zero attached hydrogens (tertiary/aromatic N) is 2. The Kier molecular flexibility index (Phi) is 4.35. The second-order valence-electron chi connectivity index (χ2n) is 5.50. The number of cyclic esters (lactones) is 1. The normalized spacial score (nSPS) is 23.0. The largest absolute Gasteiger partial charge is 0.443 e. The Hall–Kier alpha value is -1.60. The van der Waals surface area contributed by atoms with Crippen LogP contribution in [0.15, 0.2) is 18.2 Å². The van der Waals surface area contributed by atoms with E-state index in [1.165, 1.54) is 11.0 Å². The van der Waals surface area contributed by atoms with Crippen molar-refractivity contribution in [2.24, 2.45) is 5.73 Å². The second kappa shape index (κ2) is 6.26. The van der Waals surface area contributed by atoms with Crippen LogP contribution < -0.4 is 15.5 Å². The van der Waals surface area contributed by atoms with Crippen molar-refractivity contribution < 1.29 is 13.9 Å². The first kappa shape index (κ1) is 15.3. The van der Waals surface area contributed by atoms with Gasteiger partial charge in [-0.1, -0.05) is 5.87 Å². The molecule has 2 heterocycles. The van der Waals surface area contributed by atoms with Gasteiger partial charge in [-0.25, -0.2) is 9.18 Å². The number of nitrogens with two attached hydrogens (primary N) is 1. The fraction of sp³-hybridized carbons (Fsp3) is 0.467. The second-order valence-corrected chi connectivity index (χ2v) is 7.54. The molecule has 2 saturated heterocycles. The zero-order valence-electron chi connectivity index (χ0n) is 12.3. The van der Waals surface area contributed by atoms with Gasteiger partial charge in [0.25, 0.3) is 0 Å². The van der Waals surface area contributed by atoms with Crippen LogP contribution in [0.2, 0.25) is 0 Å². The molecule has 1 unspecified atom stereocenters. The van der Waals surface area contributed by atoms with Gasteiger partial charge in [0.2, 0.25) is 0 Å². The Balaban J connectivity index is 1.78. The molecule has 120 valence electrons. The highest BCUT2D eigenvalue weighted by Gasteiger charge is 2.32. The van der Waals surface area contributed by atoms with E-state index in [0.717, 1.165) is 24.6 Å². The monoisotopic (exact) mass is 325 g/mol. The number of benzene rings is 1. The third-order valence-electron chi connectivity index (χ3n) is 4.02. The van der Waals surface area contributed by atoms with Gasteiger partial charge in [0.1, 0.15) is 11.9 Å². The Morgan fingerprint density at radius 1 is 1.41 bits per heavy atom. The number of carbonyl (C=O) groups excluding carboxylic acids is 1. The summed E-state index contributed by atoms with van der Waals surface area (Å²) in [6.45, 7) is 2.28. The standard InChI is InChI=1S/C15H20FN3O2S/c1-22-6-4-18(5-7-22)14-3-2-11(8-13(14)16)19-10-12(9-17)21-15(19)20/h2-3,8,12H,1,4-7,9-10,17H2. The van der Waals surface area contributed by atoms with E-state index < -0.39 is 6.09 Å². The summed E-state index contributed by atoms with van der Waals surface area (Å²) in [6, 6.07) is 4.89. The molecular weight excluding hydrogens is 305 g/mol. The molecule has 5 nitrogen and oxygen atoms in total. The quantitative estimate of drug-likeness (QED) is 0.858. The number of amides is 1. The van der Waals surface area contributed by atoms with Crippen molar-refractivity contribution in [1.82, 2.24) is 0 Å². The molecule has 0 radical (unpaired) electrons. The van der Waals surface area contributed by atoms with Crippen LogP contribution in [0.25, 0.3) is 0 Å². The highest BCUT2D eigenvalue weighted by molar-refractivity contribution is 8.14. The van der Waals surface area contributed by atoms with Crippen LogP contribution in [0.1, 0.15) is 0 Å². The molecule has 0 saturated carbocycles. The highest BCUT2D eigenvalue weighted by Crippen LogP contribution is 2.29. The molecule has 0 aromatic heterocycles. The van der Waals surface area contributed by atoms with Crippen molar-refractivity contribution >= 4 is 33.8 Å². The predicted octanol–water partition coefficient (Wildman–Crippen LogP) is 1.63. The first-order chi connectivity index (χ1) is 10.6. The summed E-state index contributed by atoms with van der Waals surface area (Å²) >= 11 is 0. The summed E-state index contributed by atoms with van der Waals surface area (Å²) in [5.41, 5.74) is 6.61. The average Bonchev–Trinajstić information content (AvgIpc) is 2.89. The fourth-order valence-electron chi connectivity index (χ4n) is 2.71. The third kappa shape index (κ3) is 2.96. The molecule has 0 bridgehead atoms. The van der Waals surface area contributed by atoms with Gasteiger partial charge in [-0.3, -0.25) is 4.90 Å². The maximum Gasteiger partial charge on any atom is 0.414 e. The van der Waals surface area contributed by atoms with Crippen molar-refractivity contribution in [3.63, 3.8) is 0 Å². The lowest BCUT2D eigenvalue weighted by Crippen LogP contribution is -2.34. The van der Waals surface area contributed by atoms with Gasteiger partial charge in [0.15, 0.2) is 0 Å². The van der Waals surface area contributed by atoms with Crippen molar-refractivity contribution in [3.8, 4) is 0 Å². The van der Waals surface area contributed by atoms with Crippen LogP contribution in [0.3, 0.4) is 0 Å². The van der Waals surface area contributed by atoms with Crippen molar-refractivity contribution in [2.45, 2.75) is 6.10 Å². The third-order valence-corrected chi connectivity index (χ3v) is 5.54. The van der Waals surface area contributed by atoms with Gasteiger partial charge in [-0.05, 0) is 18.2 Å². The topological polar surface area (TPSA) is 58.8 Å². The molecule has 2 aliphatic heterocycles. The van der Waals surface area contributed by atoms with Gasteiger partial charge in [-0.15, -0.1) is 0 Å². The van der Waals surface area contributed by atoms with E-state index in [4.69, 9.17) is 10.5 Å². The number of anilines is 2. The molecule has 0 spiro atoms. The fourth-order valence-corrected chi connectivity index (χ4v) is 3.87. The minimum Gasteiger partial charge on any atom is -0.443 e. The summed E-state index contributed by atoms with van der Waals surface area (Å²) in [5, 5.41) is 0. The van der Waals surface area contributed by atoms with Crippen molar-refractivity contribution in [1.29, 1.82) is 0 Å². The zero-order valence-corrected chi connectivity index (χ0v) is 13.2. The lowest BCUT2D eigenvalue weighted by atomic mass is 10.2. The lowest BCUT2D eigenvalue weighted by molar-refractivity contribution is 0.145. The predicted molar refractivity (Wildman–Crippen MR) is 89.7 cm³/mol. The van der Waals surface area contributed by atoms with Crippen LogP contribution in [-0.2, 0) is 4.74 Å². The van der Waals surface area contributed by atoms with Gasteiger partial charge in [0, 0.05) is 31.1 Å². The first-order valence-corrected chi connectivity index (χ1v) is 9.01. The number of rotatable bonds is 3. The van der Waals surface area contributed by atoms with E-state index in [2.05, 4.69) is 5.87 Å². The van der Waals surface area contributed by atoms with E-state index in [9.17, 15) is 9.18 Å². The number of halogens is 1. The molecule has 7 heteroatoms. The molecule has 1 aromatic carbocycles. The van der Waals surface area contributed by atoms with Gasteiger partial charge < -0.3 is 15.4 Å². The Labute approximate surface area is 131 Å². The molecule has 22 heavy (non-hydrogen) atoms. The van der Waals surface area contributed by atoms with Gasteiger partial charge in [-0.2, -0.15) is 10.5 Å². The van der Waals surface area contributed by atoms with Gasteiger partial charge >= 0.3 is 6.09 Å². The number of hydrogen-bond donors (Lipinski definition) is 1. The molecular formula is C15H20FN3O2S. The molecule has 0 aliphatic carbocycles. The Morgan fingerprint density at radius 2 is 2.14 bits per heavy atom. The maximum atomic E-state index is 14.4. The Bertz CT molecular complexity index is 600. The molecule has 2 aliphatic rings. The van der Waals surface area contributed by atoms with E-state index >= 15 is 0 Å². The summed E-state index contributed by atoms with van der Waals surface area (Å²) < 4.78 is 19.5. The van der Waals surface area contributed by atoms with Gasteiger partial charge in [0.05, 0.1) is 17.9 Å². The lowest BCUT2D eigenvalue weighted by Gasteiger charge is -2.31. The molecule has 1 amide bonds. The highest BCUT2D eigenvalue weighted by atomic mass is 32.2. The van der Waals surface area contributed by atoms with Crippen molar-refractivity contribution in [3.05, 3.63) is 24.0 Å². The van der Waals surface area contributed by atoms with Crippen molar-refractivity contribution in [2.75, 3.05) is 47.5 Å². The summed E-state index contributed by atoms with van der Waals surface area (Å²) in [7, 11) is 0.197. The van der Waals surface area contributed by atoms with E-state index in [1.807, 2.05) is 4.90 Å². The van der Waals surface area contributed by atoms with Crippen LogP contribution in [0.4, 0.5) is 20.6 Å². The number of carbonyl (C=O) groups is 1. The molecule has 2 N–H and O–H groups in total. The molecule has 2 fully saturated rings. The molecule has 1 aromatic rings. The minimum atomic E-state index is -0.471. The zero-order chi connectivity index (χ0) is 15.7. The van der Waals surface area contributed by atoms with Crippen LogP contribution in [0, 0.1) is 5.82 Å². The summed E-state index contributed by atoms with van der Waals surface area (Å²) in [5.74, 6) is 5.76. The molecule has 3 rings (SSSR count). The SMILES string of the molecule is C=S1CCN(c2ccc(N3CC(CN)OC3=O)cc2F)CC1. The smallest absolute Gasteiger partial charge is 0.414 e. The summed E-state index contributed by atoms with van der Waals surface area (Å²) in [6.07, 6.45) is -0.797.